The summed E-state index contributed by atoms with van der Waals surface area (Å²) in [7, 11) is 12.0. The molecular formula is C17H28N3O2-. The van der Waals surface area contributed by atoms with Crippen LogP contribution < -0.4 is 5.11 Å². The lowest BCUT2D eigenvalue weighted by Gasteiger charge is -2.23. The van der Waals surface area contributed by atoms with Crippen LogP contribution in [0, 0.1) is 0 Å². The van der Waals surface area contributed by atoms with E-state index in [0.717, 1.165) is 36.3 Å². The number of carbonyl (C=O) groups excluding carboxylic acids is 1. The number of hydrogen-bond donors (Lipinski definition) is 0. The SMILES string of the molecule is CN(C)Cc1cc(CN(C)C)c(CC(=O)[O-])c(CN(C)C)c1. The van der Waals surface area contributed by atoms with Gasteiger partial charge in [0.2, 0.25) is 0 Å². The Morgan fingerprint density at radius 1 is 0.864 bits per heavy atom. The fourth-order valence-electron chi connectivity index (χ4n) is 2.66. The molecule has 0 atom stereocenters. The van der Waals surface area contributed by atoms with Crippen LogP contribution in [0.15, 0.2) is 12.1 Å². The molecule has 0 saturated carbocycles. The van der Waals surface area contributed by atoms with Crippen molar-refractivity contribution in [2.75, 3.05) is 42.3 Å². The van der Waals surface area contributed by atoms with Crippen LogP contribution >= 0.6 is 0 Å². The van der Waals surface area contributed by atoms with Gasteiger partial charge in [-0.15, -0.1) is 0 Å². The summed E-state index contributed by atoms with van der Waals surface area (Å²) >= 11 is 0. The van der Waals surface area contributed by atoms with Crippen LogP contribution in [0.4, 0.5) is 0 Å². The Morgan fingerprint density at radius 3 is 1.59 bits per heavy atom. The summed E-state index contributed by atoms with van der Waals surface area (Å²) in [6, 6.07) is 4.24. The molecule has 1 aromatic rings. The number of carbonyl (C=O) groups is 1. The third kappa shape index (κ3) is 6.13. The Morgan fingerprint density at radius 2 is 1.27 bits per heavy atom. The van der Waals surface area contributed by atoms with Gasteiger partial charge < -0.3 is 24.6 Å². The standard InChI is InChI=1S/C17H29N3O2/c1-18(2)10-13-7-14(11-19(3)4)16(9-17(21)22)15(8-13)12-20(5)6/h7-8H,9-12H2,1-6H3,(H,21,22)/p-1. The van der Waals surface area contributed by atoms with Crippen molar-refractivity contribution in [3.8, 4) is 0 Å². The minimum Gasteiger partial charge on any atom is -0.550 e. The van der Waals surface area contributed by atoms with E-state index in [4.69, 9.17) is 0 Å². The van der Waals surface area contributed by atoms with E-state index < -0.39 is 5.97 Å². The highest BCUT2D eigenvalue weighted by atomic mass is 16.4. The van der Waals surface area contributed by atoms with E-state index in [0.29, 0.717) is 0 Å². The molecule has 5 nitrogen and oxygen atoms in total. The quantitative estimate of drug-likeness (QED) is 0.685. The van der Waals surface area contributed by atoms with Gasteiger partial charge in [-0.25, -0.2) is 0 Å². The van der Waals surface area contributed by atoms with Crippen LogP contribution in [-0.2, 0) is 30.8 Å². The van der Waals surface area contributed by atoms with Crippen molar-refractivity contribution in [3.63, 3.8) is 0 Å². The van der Waals surface area contributed by atoms with Crippen molar-refractivity contribution < 1.29 is 9.90 Å². The first-order chi connectivity index (χ1) is 10.2. The maximum Gasteiger partial charge on any atom is 0.0458 e. The van der Waals surface area contributed by atoms with Crippen LogP contribution in [0.2, 0.25) is 0 Å². The molecule has 1 aromatic carbocycles. The van der Waals surface area contributed by atoms with Gasteiger partial charge in [0.05, 0.1) is 0 Å². The molecule has 0 aliphatic heterocycles. The monoisotopic (exact) mass is 306 g/mol. The first kappa shape index (κ1) is 18.6. The zero-order chi connectivity index (χ0) is 16.9. The average molecular weight is 306 g/mol. The number of aliphatic carboxylic acids is 1. The predicted octanol–water partition coefficient (Wildman–Crippen LogP) is 0.164. The third-order valence-corrected chi connectivity index (χ3v) is 3.29. The summed E-state index contributed by atoms with van der Waals surface area (Å²) in [5.41, 5.74) is 4.25. The molecule has 5 heteroatoms. The Bertz CT molecular complexity index is 480. The number of hydrogen-bond acceptors (Lipinski definition) is 5. The van der Waals surface area contributed by atoms with Crippen molar-refractivity contribution in [1.82, 2.24) is 14.7 Å². The normalized spacial score (nSPS) is 11.7. The molecule has 0 aromatic heterocycles. The highest BCUT2D eigenvalue weighted by molar-refractivity contribution is 5.69. The maximum atomic E-state index is 11.2. The number of nitrogens with zero attached hydrogens (tertiary/aromatic N) is 3. The van der Waals surface area contributed by atoms with E-state index in [1.165, 1.54) is 5.56 Å². The zero-order valence-corrected chi connectivity index (χ0v) is 14.6. The Labute approximate surface area is 134 Å². The van der Waals surface area contributed by atoms with Crippen LogP contribution in [0.3, 0.4) is 0 Å². The smallest absolute Gasteiger partial charge is 0.0458 e. The average Bonchev–Trinajstić information content (AvgIpc) is 2.30. The van der Waals surface area contributed by atoms with Gasteiger partial charge in [0, 0.05) is 32.0 Å². The minimum absolute atomic E-state index is 0.0331. The maximum absolute atomic E-state index is 11.2. The Hall–Kier alpha value is -1.43. The third-order valence-electron chi connectivity index (χ3n) is 3.29. The molecule has 0 unspecified atom stereocenters. The predicted molar refractivity (Wildman–Crippen MR) is 87.3 cm³/mol. The molecule has 0 spiro atoms. The van der Waals surface area contributed by atoms with E-state index >= 15 is 0 Å². The van der Waals surface area contributed by atoms with Gasteiger partial charge in [-0.05, 0) is 64.5 Å². The summed E-state index contributed by atoms with van der Waals surface area (Å²) in [6.45, 7) is 2.29. The first-order valence-electron chi connectivity index (χ1n) is 7.46. The van der Waals surface area contributed by atoms with Crippen LogP contribution in [0.1, 0.15) is 22.3 Å². The molecule has 124 valence electrons. The first-order valence-corrected chi connectivity index (χ1v) is 7.46. The minimum atomic E-state index is -1.03. The highest BCUT2D eigenvalue weighted by Crippen LogP contribution is 2.22. The Balaban J connectivity index is 3.34. The van der Waals surface area contributed by atoms with Crippen molar-refractivity contribution in [3.05, 3.63) is 34.4 Å². The number of carboxylic acid groups (broad SMARTS) is 1. The van der Waals surface area contributed by atoms with E-state index in [9.17, 15) is 9.90 Å². The molecule has 0 aliphatic carbocycles. The number of benzene rings is 1. The number of rotatable bonds is 8. The summed E-state index contributed by atoms with van der Waals surface area (Å²) in [4.78, 5) is 17.4. The second kappa shape index (κ2) is 8.27. The van der Waals surface area contributed by atoms with Crippen LogP contribution in [0.25, 0.3) is 0 Å². The van der Waals surface area contributed by atoms with E-state index in [1.807, 2.05) is 42.3 Å². The van der Waals surface area contributed by atoms with Crippen molar-refractivity contribution in [2.45, 2.75) is 26.1 Å². The van der Waals surface area contributed by atoms with Crippen molar-refractivity contribution in [1.29, 1.82) is 0 Å². The molecule has 0 aliphatic rings. The second-order valence-electron chi connectivity index (χ2n) is 6.65. The molecule has 0 amide bonds. The molecule has 0 bridgehead atoms. The largest absolute Gasteiger partial charge is 0.550 e. The zero-order valence-electron chi connectivity index (χ0n) is 14.6. The lowest BCUT2D eigenvalue weighted by molar-refractivity contribution is -0.304. The number of carboxylic acids is 1. The fourth-order valence-corrected chi connectivity index (χ4v) is 2.66. The van der Waals surface area contributed by atoms with Gasteiger partial charge in [-0.2, -0.15) is 0 Å². The van der Waals surface area contributed by atoms with E-state index in [1.54, 1.807) is 0 Å². The topological polar surface area (TPSA) is 49.9 Å². The lowest BCUT2D eigenvalue weighted by Crippen LogP contribution is -2.27. The summed E-state index contributed by atoms with van der Waals surface area (Å²) in [5, 5.41) is 11.2. The summed E-state index contributed by atoms with van der Waals surface area (Å²) in [5.74, 6) is -1.03. The fraction of sp³-hybridized carbons (Fsp3) is 0.588. The van der Waals surface area contributed by atoms with E-state index in [2.05, 4.69) is 26.8 Å². The van der Waals surface area contributed by atoms with Gasteiger partial charge in [-0.1, -0.05) is 12.1 Å². The summed E-state index contributed by atoms with van der Waals surface area (Å²) in [6.07, 6.45) is -0.0331. The molecule has 0 heterocycles. The Kier molecular flexibility index (Phi) is 7.00. The molecular weight excluding hydrogens is 278 g/mol. The highest BCUT2D eigenvalue weighted by Gasteiger charge is 2.13. The van der Waals surface area contributed by atoms with E-state index in [-0.39, 0.29) is 6.42 Å². The second-order valence-corrected chi connectivity index (χ2v) is 6.65. The van der Waals surface area contributed by atoms with Crippen LogP contribution in [-0.4, -0.2) is 63.0 Å². The molecule has 0 fully saturated rings. The molecule has 0 N–H and O–H groups in total. The van der Waals surface area contributed by atoms with Gasteiger partial charge in [0.1, 0.15) is 0 Å². The van der Waals surface area contributed by atoms with Crippen molar-refractivity contribution in [2.24, 2.45) is 0 Å². The van der Waals surface area contributed by atoms with Gasteiger partial charge in [-0.3, -0.25) is 0 Å². The molecule has 1 rings (SSSR count). The molecule has 0 radical (unpaired) electrons. The van der Waals surface area contributed by atoms with Gasteiger partial charge in [0.25, 0.3) is 0 Å². The molecule has 22 heavy (non-hydrogen) atoms. The van der Waals surface area contributed by atoms with Crippen LogP contribution in [0.5, 0.6) is 0 Å². The van der Waals surface area contributed by atoms with Gasteiger partial charge >= 0.3 is 0 Å². The van der Waals surface area contributed by atoms with Crippen molar-refractivity contribution >= 4 is 5.97 Å². The summed E-state index contributed by atoms with van der Waals surface area (Å²) < 4.78 is 0. The van der Waals surface area contributed by atoms with Gasteiger partial charge in [0.15, 0.2) is 0 Å². The lowest BCUT2D eigenvalue weighted by atomic mass is 9.94. The molecule has 0 saturated heterocycles.